The van der Waals surface area contributed by atoms with Crippen molar-refractivity contribution in [2.24, 2.45) is 0 Å². The minimum absolute atomic E-state index is 0.0300. The first-order valence-corrected chi connectivity index (χ1v) is 7.70. The first-order valence-electron chi connectivity index (χ1n) is 6.26. The van der Waals surface area contributed by atoms with E-state index >= 15 is 0 Å². The minimum atomic E-state index is -3.55. The van der Waals surface area contributed by atoms with Gasteiger partial charge in [0.05, 0.1) is 11.0 Å². The van der Waals surface area contributed by atoms with Crippen LogP contribution in [0.25, 0.3) is 11.0 Å². The molecule has 0 aliphatic carbocycles. The lowest BCUT2D eigenvalue weighted by atomic mass is 10.3. The normalized spacial score (nSPS) is 21.8. The molecular weight excluding hydrogens is 264 g/mol. The van der Waals surface area contributed by atoms with Gasteiger partial charge in [0, 0.05) is 25.7 Å². The van der Waals surface area contributed by atoms with Crippen LogP contribution < -0.4 is 5.32 Å². The number of H-pyrrole nitrogens is 1. The van der Waals surface area contributed by atoms with Crippen molar-refractivity contribution in [1.29, 1.82) is 0 Å². The Morgan fingerprint density at radius 1 is 1.37 bits per heavy atom. The number of aromatic nitrogens is 2. The number of benzene rings is 1. The van der Waals surface area contributed by atoms with Crippen LogP contribution in [0, 0.1) is 0 Å². The zero-order valence-electron chi connectivity index (χ0n) is 10.6. The number of hydrogen-bond acceptors (Lipinski definition) is 4. The predicted octanol–water partition coefficient (Wildman–Crippen LogP) is 0.545. The van der Waals surface area contributed by atoms with E-state index in [0.717, 1.165) is 5.52 Å². The monoisotopic (exact) mass is 280 g/mol. The Hall–Kier alpha value is -1.44. The van der Waals surface area contributed by atoms with Crippen molar-refractivity contribution >= 4 is 21.1 Å². The fourth-order valence-corrected chi connectivity index (χ4v) is 3.90. The van der Waals surface area contributed by atoms with Crippen LogP contribution >= 0.6 is 0 Å². The summed E-state index contributed by atoms with van der Waals surface area (Å²) in [5.74, 6) is 0. The molecule has 1 saturated heterocycles. The van der Waals surface area contributed by atoms with E-state index in [1.54, 1.807) is 6.07 Å². The highest BCUT2D eigenvalue weighted by Crippen LogP contribution is 2.19. The zero-order chi connectivity index (χ0) is 13.5. The Morgan fingerprint density at radius 3 is 2.89 bits per heavy atom. The third kappa shape index (κ3) is 2.13. The molecule has 0 spiro atoms. The summed E-state index contributed by atoms with van der Waals surface area (Å²) >= 11 is 0. The smallest absolute Gasteiger partial charge is 0.277 e. The van der Waals surface area contributed by atoms with E-state index in [-0.39, 0.29) is 11.2 Å². The molecule has 1 fully saturated rings. The number of sulfonamides is 1. The number of para-hydroxylation sites is 2. The quantitative estimate of drug-likeness (QED) is 0.842. The Morgan fingerprint density at radius 2 is 2.16 bits per heavy atom. The summed E-state index contributed by atoms with van der Waals surface area (Å²) in [4.78, 5) is 7.08. The highest BCUT2D eigenvalue weighted by atomic mass is 32.2. The molecular formula is C12H16N4O2S. The molecule has 7 heteroatoms. The molecule has 2 aromatic rings. The second kappa shape index (κ2) is 4.59. The topological polar surface area (TPSA) is 78.1 Å². The molecule has 1 aliphatic heterocycles. The third-order valence-electron chi connectivity index (χ3n) is 3.36. The lowest BCUT2D eigenvalue weighted by Crippen LogP contribution is -2.52. The molecule has 1 aromatic heterocycles. The number of imidazole rings is 1. The molecule has 19 heavy (non-hydrogen) atoms. The van der Waals surface area contributed by atoms with E-state index in [2.05, 4.69) is 15.3 Å². The number of aromatic amines is 1. The maximum absolute atomic E-state index is 12.6. The zero-order valence-corrected chi connectivity index (χ0v) is 11.4. The summed E-state index contributed by atoms with van der Waals surface area (Å²) in [5, 5.41) is 3.21. The van der Waals surface area contributed by atoms with Gasteiger partial charge in [0.2, 0.25) is 5.16 Å². The van der Waals surface area contributed by atoms with Gasteiger partial charge in [0.15, 0.2) is 0 Å². The molecule has 0 radical (unpaired) electrons. The first-order chi connectivity index (χ1) is 9.09. The molecule has 1 unspecified atom stereocenters. The van der Waals surface area contributed by atoms with Gasteiger partial charge in [-0.15, -0.1) is 0 Å². The number of rotatable bonds is 2. The summed E-state index contributed by atoms with van der Waals surface area (Å²) in [6, 6.07) is 7.25. The van der Waals surface area contributed by atoms with Crippen LogP contribution in [0.15, 0.2) is 29.4 Å². The van der Waals surface area contributed by atoms with Crippen LogP contribution in [0.5, 0.6) is 0 Å². The summed E-state index contributed by atoms with van der Waals surface area (Å²) in [7, 11) is -3.55. The molecule has 2 heterocycles. The third-order valence-corrected chi connectivity index (χ3v) is 5.20. The van der Waals surface area contributed by atoms with Gasteiger partial charge >= 0.3 is 0 Å². The molecule has 0 saturated carbocycles. The van der Waals surface area contributed by atoms with Gasteiger partial charge < -0.3 is 10.3 Å². The maximum atomic E-state index is 12.6. The lowest BCUT2D eigenvalue weighted by Gasteiger charge is -2.31. The minimum Gasteiger partial charge on any atom is -0.328 e. The molecule has 0 amide bonds. The fraction of sp³-hybridized carbons (Fsp3) is 0.417. The van der Waals surface area contributed by atoms with Crippen molar-refractivity contribution in [2.75, 3.05) is 19.6 Å². The Labute approximate surface area is 111 Å². The Balaban J connectivity index is 2.03. The molecule has 3 rings (SSSR count). The van der Waals surface area contributed by atoms with Gasteiger partial charge in [0.1, 0.15) is 0 Å². The molecule has 6 nitrogen and oxygen atoms in total. The number of fused-ring (bicyclic) bond motifs is 1. The Bertz CT molecular complexity index is 662. The van der Waals surface area contributed by atoms with Crippen LogP contribution in [0.4, 0.5) is 0 Å². The van der Waals surface area contributed by atoms with E-state index in [1.807, 2.05) is 25.1 Å². The number of hydrogen-bond donors (Lipinski definition) is 2. The fourth-order valence-electron chi connectivity index (χ4n) is 2.34. The van der Waals surface area contributed by atoms with Crippen molar-refractivity contribution in [3.63, 3.8) is 0 Å². The molecule has 1 aromatic carbocycles. The molecule has 0 bridgehead atoms. The van der Waals surface area contributed by atoms with Gasteiger partial charge in [-0.05, 0) is 19.1 Å². The van der Waals surface area contributed by atoms with E-state index in [0.29, 0.717) is 25.2 Å². The van der Waals surface area contributed by atoms with Gasteiger partial charge in [-0.2, -0.15) is 4.31 Å². The Kier molecular flexibility index (Phi) is 3.04. The van der Waals surface area contributed by atoms with Crippen LogP contribution in [0.2, 0.25) is 0 Å². The second-order valence-electron chi connectivity index (χ2n) is 4.73. The largest absolute Gasteiger partial charge is 0.328 e. The number of piperazine rings is 1. The van der Waals surface area contributed by atoms with Crippen molar-refractivity contribution in [1.82, 2.24) is 19.6 Å². The van der Waals surface area contributed by atoms with Crippen molar-refractivity contribution < 1.29 is 8.42 Å². The van der Waals surface area contributed by atoms with Gasteiger partial charge in [-0.3, -0.25) is 0 Å². The van der Waals surface area contributed by atoms with Crippen LogP contribution in [0.3, 0.4) is 0 Å². The van der Waals surface area contributed by atoms with Crippen molar-refractivity contribution in [3.8, 4) is 0 Å². The van der Waals surface area contributed by atoms with Gasteiger partial charge in [-0.1, -0.05) is 12.1 Å². The summed E-state index contributed by atoms with van der Waals surface area (Å²) in [6.45, 7) is 3.70. The standard InChI is InChI=1S/C12H16N4O2S/c1-9-8-13-6-7-16(9)19(17,18)12-14-10-4-2-3-5-11(10)15-12/h2-5,9,13H,6-8H2,1H3,(H,14,15). The summed E-state index contributed by atoms with van der Waals surface area (Å²) in [5.41, 5.74) is 1.41. The van der Waals surface area contributed by atoms with Gasteiger partial charge in [0.25, 0.3) is 10.0 Å². The van der Waals surface area contributed by atoms with E-state index in [4.69, 9.17) is 0 Å². The van der Waals surface area contributed by atoms with Crippen LogP contribution in [-0.4, -0.2) is 48.4 Å². The van der Waals surface area contributed by atoms with E-state index < -0.39 is 10.0 Å². The molecule has 1 aliphatic rings. The lowest BCUT2D eigenvalue weighted by molar-refractivity contribution is 0.282. The highest BCUT2D eigenvalue weighted by molar-refractivity contribution is 7.89. The number of nitrogens with zero attached hydrogens (tertiary/aromatic N) is 2. The summed E-state index contributed by atoms with van der Waals surface area (Å²) in [6.07, 6.45) is 0. The van der Waals surface area contributed by atoms with E-state index in [1.165, 1.54) is 4.31 Å². The highest BCUT2D eigenvalue weighted by Gasteiger charge is 2.33. The van der Waals surface area contributed by atoms with Crippen molar-refractivity contribution in [3.05, 3.63) is 24.3 Å². The SMILES string of the molecule is CC1CNCCN1S(=O)(=O)c1nc2ccccc2[nH]1. The number of nitrogens with one attached hydrogen (secondary N) is 2. The molecule has 102 valence electrons. The molecule has 2 N–H and O–H groups in total. The van der Waals surface area contributed by atoms with Crippen LogP contribution in [0.1, 0.15) is 6.92 Å². The van der Waals surface area contributed by atoms with Crippen molar-refractivity contribution in [2.45, 2.75) is 18.1 Å². The first kappa shape index (κ1) is 12.6. The average molecular weight is 280 g/mol. The average Bonchev–Trinajstić information content (AvgIpc) is 2.83. The van der Waals surface area contributed by atoms with Crippen LogP contribution in [-0.2, 0) is 10.0 Å². The van der Waals surface area contributed by atoms with E-state index in [9.17, 15) is 8.42 Å². The van der Waals surface area contributed by atoms with Gasteiger partial charge in [-0.25, -0.2) is 13.4 Å². The second-order valence-corrected chi connectivity index (χ2v) is 6.53. The predicted molar refractivity (Wildman–Crippen MR) is 72.3 cm³/mol. The summed E-state index contributed by atoms with van der Waals surface area (Å²) < 4.78 is 26.6. The maximum Gasteiger partial charge on any atom is 0.277 e. The molecule has 1 atom stereocenters.